The third kappa shape index (κ3) is 70.3. The Balaban J connectivity index is 5.12. The van der Waals surface area contributed by atoms with Crippen molar-refractivity contribution in [3.63, 3.8) is 0 Å². The number of hydrogen-bond acceptors (Lipinski definition) is 15. The Morgan fingerprint density at radius 3 is 0.716 bits per heavy atom. The standard InChI is InChI=1S/C76H148O17P2/c1-7-9-11-13-14-15-16-17-18-21-25-28-31-36-41-47-53-59-74(79)87-65-72(93-75(80)60-54-48-42-37-32-29-26-23-20-19-22-24-27-30-34-39-45-50-56-68(3)4)67-91-95(84,85)89-63-70(77)62-88-94(82,83)90-66-71(64-86-73(78)58-52-44-12-10-8-2)92-76(81)61-55-49-43-38-33-35-40-46-51-57-69(5)6/h68-72,77H,7-67H2,1-6H3,(H,82,83)(H,84,85)/t70-,71+,72+/m0/s1. The molecule has 3 N–H and O–H groups in total. The second-order valence-electron chi connectivity index (χ2n) is 28.3. The van der Waals surface area contributed by atoms with E-state index in [1.807, 2.05) is 0 Å². The molecule has 564 valence electrons. The lowest BCUT2D eigenvalue weighted by Crippen LogP contribution is -2.30. The lowest BCUT2D eigenvalue weighted by molar-refractivity contribution is -0.161. The Morgan fingerprint density at radius 2 is 0.484 bits per heavy atom. The SMILES string of the molecule is CCCCCCCCCCCCCCCCCCCC(=O)OC[C@H](COP(=O)(O)OC[C@@H](O)COP(=O)(O)OC[C@@H](COC(=O)CCCCCCC)OC(=O)CCCCCCCCCCCC(C)C)OC(=O)CCCCCCCCCCCCCCCCCCCCC(C)C. The van der Waals surface area contributed by atoms with Crippen LogP contribution < -0.4 is 0 Å². The third-order valence-electron chi connectivity index (χ3n) is 17.7. The zero-order valence-electron chi connectivity index (χ0n) is 62.0. The maximum atomic E-state index is 13.1. The van der Waals surface area contributed by atoms with Gasteiger partial charge in [-0.05, 0) is 37.5 Å². The summed E-state index contributed by atoms with van der Waals surface area (Å²) in [4.78, 5) is 72.5. The first kappa shape index (κ1) is 93.1. The van der Waals surface area contributed by atoms with Gasteiger partial charge in [0.15, 0.2) is 12.2 Å². The van der Waals surface area contributed by atoms with Gasteiger partial charge in [-0.1, -0.05) is 343 Å². The number of ether oxygens (including phenoxy) is 4. The second kappa shape index (κ2) is 67.9. The molecule has 0 amide bonds. The van der Waals surface area contributed by atoms with Gasteiger partial charge in [-0.2, -0.15) is 0 Å². The molecule has 0 aliphatic carbocycles. The molecule has 0 heterocycles. The summed E-state index contributed by atoms with van der Waals surface area (Å²) < 4.78 is 68.3. The number of esters is 4. The van der Waals surface area contributed by atoms with Crippen LogP contribution in [-0.2, 0) is 65.4 Å². The smallest absolute Gasteiger partial charge is 0.462 e. The summed E-state index contributed by atoms with van der Waals surface area (Å²) in [5.74, 6) is -0.571. The molecule has 0 saturated carbocycles. The molecule has 0 spiro atoms. The fourth-order valence-corrected chi connectivity index (χ4v) is 13.2. The molecular formula is C76H148O17P2. The summed E-state index contributed by atoms with van der Waals surface area (Å²) in [6, 6.07) is 0. The minimum atomic E-state index is -4.96. The molecule has 0 aromatic carbocycles. The van der Waals surface area contributed by atoms with Gasteiger partial charge in [-0.25, -0.2) is 9.13 Å². The van der Waals surface area contributed by atoms with E-state index in [2.05, 4.69) is 41.5 Å². The first-order valence-corrected chi connectivity index (χ1v) is 42.5. The van der Waals surface area contributed by atoms with E-state index in [1.54, 1.807) is 0 Å². The van der Waals surface area contributed by atoms with Gasteiger partial charge in [0.2, 0.25) is 0 Å². The first-order valence-electron chi connectivity index (χ1n) is 39.5. The molecule has 0 radical (unpaired) electrons. The van der Waals surface area contributed by atoms with Crippen molar-refractivity contribution in [2.75, 3.05) is 39.6 Å². The second-order valence-corrected chi connectivity index (χ2v) is 31.3. The molecule has 0 bridgehead atoms. The van der Waals surface area contributed by atoms with Crippen LogP contribution in [0.5, 0.6) is 0 Å². The number of hydrogen-bond donors (Lipinski definition) is 3. The number of phosphoric acid groups is 2. The lowest BCUT2D eigenvalue weighted by Gasteiger charge is -2.21. The molecule has 17 nitrogen and oxygen atoms in total. The highest BCUT2D eigenvalue weighted by Gasteiger charge is 2.30. The average Bonchev–Trinajstić information content (AvgIpc) is 2.55. The summed E-state index contributed by atoms with van der Waals surface area (Å²) in [6.45, 7) is 9.52. The largest absolute Gasteiger partial charge is 0.472 e. The van der Waals surface area contributed by atoms with Crippen LogP contribution in [0.4, 0.5) is 0 Å². The Morgan fingerprint density at radius 1 is 0.284 bits per heavy atom. The quantitative estimate of drug-likeness (QED) is 0.0222. The van der Waals surface area contributed by atoms with Gasteiger partial charge in [0.05, 0.1) is 26.4 Å². The highest BCUT2D eigenvalue weighted by atomic mass is 31.2. The van der Waals surface area contributed by atoms with Crippen molar-refractivity contribution in [1.82, 2.24) is 0 Å². The molecule has 0 fully saturated rings. The van der Waals surface area contributed by atoms with Crippen LogP contribution >= 0.6 is 15.6 Å². The highest BCUT2D eigenvalue weighted by molar-refractivity contribution is 7.47. The van der Waals surface area contributed by atoms with Gasteiger partial charge in [-0.15, -0.1) is 0 Å². The van der Waals surface area contributed by atoms with Crippen LogP contribution in [0.3, 0.4) is 0 Å². The van der Waals surface area contributed by atoms with Crippen LogP contribution in [0.25, 0.3) is 0 Å². The van der Waals surface area contributed by atoms with E-state index in [4.69, 9.17) is 37.0 Å². The number of carbonyl (C=O) groups is 4. The molecular weight excluding hydrogens is 1250 g/mol. The maximum absolute atomic E-state index is 13.1. The average molecular weight is 1400 g/mol. The first-order chi connectivity index (χ1) is 45.9. The van der Waals surface area contributed by atoms with Crippen LogP contribution in [0.1, 0.15) is 395 Å². The summed E-state index contributed by atoms with van der Waals surface area (Å²) in [7, 11) is -9.90. The number of unbranched alkanes of at least 4 members (excludes halogenated alkanes) is 45. The van der Waals surface area contributed by atoms with E-state index in [0.29, 0.717) is 25.7 Å². The van der Waals surface area contributed by atoms with Crippen LogP contribution in [0.2, 0.25) is 0 Å². The monoisotopic (exact) mass is 1400 g/mol. The number of phosphoric ester groups is 2. The minimum absolute atomic E-state index is 0.105. The van der Waals surface area contributed by atoms with Crippen molar-refractivity contribution >= 4 is 39.5 Å². The van der Waals surface area contributed by atoms with Crippen LogP contribution in [0, 0.1) is 11.8 Å². The predicted molar refractivity (Wildman–Crippen MR) is 386 cm³/mol. The molecule has 0 rings (SSSR count). The highest BCUT2D eigenvalue weighted by Crippen LogP contribution is 2.45. The van der Waals surface area contributed by atoms with E-state index in [9.17, 15) is 43.2 Å². The van der Waals surface area contributed by atoms with E-state index < -0.39 is 97.5 Å². The van der Waals surface area contributed by atoms with E-state index >= 15 is 0 Å². The molecule has 19 heteroatoms. The number of aliphatic hydroxyl groups excluding tert-OH is 1. The molecule has 0 aromatic rings. The third-order valence-corrected chi connectivity index (χ3v) is 19.6. The van der Waals surface area contributed by atoms with Crippen molar-refractivity contribution in [1.29, 1.82) is 0 Å². The van der Waals surface area contributed by atoms with Crippen molar-refractivity contribution in [3.8, 4) is 0 Å². The Hall–Kier alpha value is -1.94. The van der Waals surface area contributed by atoms with Crippen LogP contribution in [-0.4, -0.2) is 96.7 Å². The van der Waals surface area contributed by atoms with Gasteiger partial charge < -0.3 is 33.8 Å². The van der Waals surface area contributed by atoms with E-state index in [1.165, 1.54) is 205 Å². The van der Waals surface area contributed by atoms with Crippen molar-refractivity contribution in [3.05, 3.63) is 0 Å². The molecule has 95 heavy (non-hydrogen) atoms. The van der Waals surface area contributed by atoms with Crippen molar-refractivity contribution in [2.45, 2.75) is 413 Å². The van der Waals surface area contributed by atoms with E-state index in [-0.39, 0.29) is 25.7 Å². The fourth-order valence-electron chi connectivity index (χ4n) is 11.7. The van der Waals surface area contributed by atoms with Crippen molar-refractivity contribution < 1.29 is 80.2 Å². The minimum Gasteiger partial charge on any atom is -0.462 e. The number of carbonyl (C=O) groups excluding carboxylic acids is 4. The van der Waals surface area contributed by atoms with Gasteiger partial charge in [0.25, 0.3) is 0 Å². The van der Waals surface area contributed by atoms with E-state index in [0.717, 1.165) is 108 Å². The number of rotatable bonds is 75. The summed E-state index contributed by atoms with van der Waals surface area (Å²) in [6.07, 6.45) is 56.1. The fraction of sp³-hybridized carbons (Fsp3) is 0.947. The molecule has 0 aliphatic heterocycles. The summed E-state index contributed by atoms with van der Waals surface area (Å²) in [5.41, 5.74) is 0. The summed E-state index contributed by atoms with van der Waals surface area (Å²) in [5, 5.41) is 10.6. The van der Waals surface area contributed by atoms with Gasteiger partial charge in [0, 0.05) is 25.7 Å². The lowest BCUT2D eigenvalue weighted by atomic mass is 10.0. The normalized spacial score (nSPS) is 14.0. The Bertz CT molecular complexity index is 1840. The summed E-state index contributed by atoms with van der Waals surface area (Å²) >= 11 is 0. The molecule has 0 aromatic heterocycles. The van der Waals surface area contributed by atoms with Gasteiger partial charge in [-0.3, -0.25) is 37.3 Å². The molecule has 0 saturated heterocycles. The van der Waals surface area contributed by atoms with Crippen LogP contribution in [0.15, 0.2) is 0 Å². The molecule has 0 aliphatic rings. The van der Waals surface area contributed by atoms with Gasteiger partial charge >= 0.3 is 39.5 Å². The molecule has 5 atom stereocenters. The zero-order chi connectivity index (χ0) is 70.0. The Labute approximate surface area is 581 Å². The Kier molecular flexibility index (Phi) is 66.5. The van der Waals surface area contributed by atoms with Gasteiger partial charge in [0.1, 0.15) is 19.3 Å². The predicted octanol–water partition coefficient (Wildman–Crippen LogP) is 22.3. The molecule has 2 unspecified atom stereocenters. The topological polar surface area (TPSA) is 237 Å². The number of aliphatic hydroxyl groups is 1. The van der Waals surface area contributed by atoms with Crippen molar-refractivity contribution in [2.24, 2.45) is 11.8 Å². The zero-order valence-corrected chi connectivity index (χ0v) is 63.8. The maximum Gasteiger partial charge on any atom is 0.472 e.